The molecule has 0 spiro atoms. The number of nitrogens with two attached hydrogens (primary N) is 6. The first kappa shape index (κ1) is 103. The van der Waals surface area contributed by atoms with Crippen molar-refractivity contribution in [2.75, 3.05) is 55.7 Å². The van der Waals surface area contributed by atoms with Crippen LogP contribution in [-0.4, -0.2) is 279 Å². The minimum Gasteiger partial charge on any atom is -0.481 e. The van der Waals surface area contributed by atoms with Gasteiger partial charge in [0.1, 0.15) is 78.5 Å². The number of primary amides is 4. The van der Waals surface area contributed by atoms with Crippen LogP contribution >= 0.6 is 35.3 Å². The van der Waals surface area contributed by atoms with Gasteiger partial charge in [-0.1, -0.05) is 91.0 Å². The summed E-state index contributed by atoms with van der Waals surface area (Å²) in [6, 6.07) is 0.504. The number of rotatable bonds is 57. The van der Waals surface area contributed by atoms with Gasteiger partial charge in [0, 0.05) is 38.8 Å². The van der Waals surface area contributed by atoms with Gasteiger partial charge in [-0.25, -0.2) is 4.79 Å². The number of aliphatic hydroxyl groups is 1. The second-order valence-electron chi connectivity index (χ2n) is 28.6. The molecular formula is C77H111N21O22S3. The first-order chi connectivity index (χ1) is 58.4. The standard InChI is InChI=1S/C77H111N21O22S3/c1-121-30-25-44(78)63(106)90-54(39-62(104)105)73(116)87-46(23-24-58(79)100)65(108)95-52(36-59(80)101)71(114)89-47(26-31-122-2)66(109)91-49(33-41-15-7-4-8-16-41)68(111)86-45(21-13-28-85-77(83)84)64(107)94-53(37-60(81)102)72(115)92-51(35-43-19-11-6-12-20-43)70(113)97-56(40-99)74(117)93-50(34-42-17-9-5-10-18-42)69(112)88-48(27-32-123-3)67(110)96-55(38-61(82)103)75(118)98-29-14-22-57(98)76(119)120/h4-12,15-20,44-57,99H,13-14,21-40,78H2,1-3H3,(H2,79,100)(H2,80,101)(H2,81,102)(H2,82,103)(H,86,111)(H,87,116)(H,88,112)(H,89,114)(H,90,106)(H,91,109)(H,92,115)(H,93,117)(H,94,107)(H,95,108)(H,96,110)(H,97,113)(H,104,105)(H,119,120)(H4,83,84,85)/t44-,45-,46-,47-,48-,49-,50-,51-,52-,53-,54-,55-,56-,57-/m0/s1. The lowest BCUT2D eigenvalue weighted by molar-refractivity contribution is -0.149. The highest BCUT2D eigenvalue weighted by Crippen LogP contribution is 2.21. The molecule has 0 aromatic heterocycles. The van der Waals surface area contributed by atoms with Crippen molar-refractivity contribution < 1.29 is 106 Å². The molecule has 1 fully saturated rings. The molecule has 4 rings (SSSR count). The maximum atomic E-state index is 15.0. The summed E-state index contributed by atoms with van der Waals surface area (Å²) < 4.78 is 0. The second-order valence-corrected chi connectivity index (χ2v) is 31.5. The van der Waals surface area contributed by atoms with Crippen LogP contribution in [0.3, 0.4) is 0 Å². The van der Waals surface area contributed by atoms with E-state index in [0.29, 0.717) is 28.9 Å². The summed E-state index contributed by atoms with van der Waals surface area (Å²) in [4.78, 5) is 261. The maximum absolute atomic E-state index is 15.0. The minimum absolute atomic E-state index is 0.00246. The van der Waals surface area contributed by atoms with Crippen LogP contribution in [0, 0.1) is 5.41 Å². The normalized spacial score (nSPS) is 15.4. The predicted octanol–water partition coefficient (Wildman–Crippen LogP) is -7.18. The zero-order valence-electron chi connectivity index (χ0n) is 68.0. The van der Waals surface area contributed by atoms with Crippen LogP contribution in [0.2, 0.25) is 0 Å². The second kappa shape index (κ2) is 54.3. The molecule has 0 unspecified atom stereocenters. The highest BCUT2D eigenvalue weighted by atomic mass is 32.2. The lowest BCUT2D eigenvalue weighted by atomic mass is 10.0. The lowest BCUT2D eigenvalue weighted by Gasteiger charge is -2.29. The molecule has 674 valence electrons. The van der Waals surface area contributed by atoms with Crippen molar-refractivity contribution in [3.05, 3.63) is 108 Å². The molecule has 1 aliphatic rings. The summed E-state index contributed by atoms with van der Waals surface area (Å²) in [5, 5.41) is 69.7. The van der Waals surface area contributed by atoms with Crippen molar-refractivity contribution in [1.82, 2.24) is 74.0 Å². The third kappa shape index (κ3) is 37.8. The first-order valence-electron chi connectivity index (χ1n) is 38.9. The molecule has 0 bridgehead atoms. The zero-order valence-corrected chi connectivity index (χ0v) is 70.5. The van der Waals surface area contributed by atoms with Crippen LogP contribution in [0.5, 0.6) is 0 Å². The quantitative estimate of drug-likeness (QED) is 0.0142. The molecule has 123 heavy (non-hydrogen) atoms. The molecule has 1 heterocycles. The number of guanidine groups is 1. The number of aliphatic carboxylic acids is 2. The number of benzene rings is 3. The average Bonchev–Trinajstić information content (AvgIpc) is 1.75. The molecule has 0 radical (unpaired) electrons. The molecule has 0 saturated carbocycles. The fraction of sp³-hybridized carbons (Fsp3) is 0.506. The largest absolute Gasteiger partial charge is 0.481 e. The molecular weight excluding hydrogens is 1670 g/mol. The van der Waals surface area contributed by atoms with Gasteiger partial charge in [-0.2, -0.15) is 35.3 Å². The van der Waals surface area contributed by atoms with Crippen molar-refractivity contribution in [3.63, 3.8) is 0 Å². The topological polar surface area (TPSA) is 725 Å². The number of carboxylic acids is 2. The van der Waals surface area contributed by atoms with E-state index in [1.165, 1.54) is 35.3 Å². The van der Waals surface area contributed by atoms with E-state index in [1.807, 2.05) is 0 Å². The van der Waals surface area contributed by atoms with Gasteiger partial charge in [-0.3, -0.25) is 91.7 Å². The van der Waals surface area contributed by atoms with Gasteiger partial charge in [-0.05, 0) is 104 Å². The Kier molecular flexibility index (Phi) is 45.5. The number of carboxylic acid groups (broad SMARTS) is 2. The van der Waals surface area contributed by atoms with Crippen LogP contribution in [0.25, 0.3) is 0 Å². The Morgan fingerprint density at radius 2 is 0.707 bits per heavy atom. The number of carbonyl (C=O) groups is 19. The van der Waals surface area contributed by atoms with Gasteiger partial charge in [0.15, 0.2) is 5.96 Å². The van der Waals surface area contributed by atoms with E-state index >= 15 is 0 Å². The van der Waals surface area contributed by atoms with Crippen LogP contribution in [-0.2, 0) is 110 Å². The summed E-state index contributed by atoms with van der Waals surface area (Å²) in [6.45, 7) is -1.26. The van der Waals surface area contributed by atoms with E-state index in [9.17, 15) is 106 Å². The fourth-order valence-corrected chi connectivity index (χ4v) is 13.9. The van der Waals surface area contributed by atoms with Crippen molar-refractivity contribution >= 4 is 154 Å². The smallest absolute Gasteiger partial charge is 0.326 e. The first-order valence-corrected chi connectivity index (χ1v) is 43.1. The van der Waals surface area contributed by atoms with Gasteiger partial charge in [0.05, 0.1) is 38.3 Å². The van der Waals surface area contributed by atoms with E-state index < -0.39 is 248 Å². The van der Waals surface area contributed by atoms with Crippen molar-refractivity contribution in [3.8, 4) is 0 Å². The highest BCUT2D eigenvalue weighted by molar-refractivity contribution is 7.99. The molecule has 46 heteroatoms. The number of hydrogen-bond acceptors (Lipinski definition) is 25. The van der Waals surface area contributed by atoms with Gasteiger partial charge in [0.2, 0.25) is 100 Å². The number of aliphatic hydroxyl groups excluding tert-OH is 1. The Hall–Kier alpha value is -12.2. The molecule has 3 aromatic rings. The number of nitrogens with one attached hydrogen (secondary N) is 14. The number of hydrogen-bond donors (Lipinski definition) is 23. The number of nitrogens with zero attached hydrogens (tertiary/aromatic N) is 1. The van der Waals surface area contributed by atoms with Crippen LogP contribution in [0.4, 0.5) is 0 Å². The number of carbonyl (C=O) groups excluding carboxylic acids is 17. The number of thioether (sulfide) groups is 3. The van der Waals surface area contributed by atoms with E-state index in [-0.39, 0.29) is 82.4 Å². The average molecular weight is 1780 g/mol. The molecule has 29 N–H and O–H groups in total. The minimum atomic E-state index is -1.99. The van der Waals surface area contributed by atoms with Gasteiger partial charge in [0.25, 0.3) is 0 Å². The molecule has 17 amide bonds. The third-order valence-corrected chi connectivity index (χ3v) is 20.8. The van der Waals surface area contributed by atoms with Crippen LogP contribution in [0.1, 0.15) is 100 Å². The molecule has 3 aromatic carbocycles. The Bertz CT molecular complexity index is 4170. The monoisotopic (exact) mass is 1780 g/mol. The molecule has 1 saturated heterocycles. The molecule has 1 aliphatic heterocycles. The van der Waals surface area contributed by atoms with Crippen LogP contribution < -0.4 is 104 Å². The van der Waals surface area contributed by atoms with Gasteiger partial charge < -0.3 is 124 Å². The van der Waals surface area contributed by atoms with Gasteiger partial charge >= 0.3 is 11.9 Å². The Morgan fingerprint density at radius 3 is 1.07 bits per heavy atom. The molecule has 43 nitrogen and oxygen atoms in total. The van der Waals surface area contributed by atoms with E-state index in [4.69, 9.17) is 39.8 Å². The lowest BCUT2D eigenvalue weighted by Crippen LogP contribution is -2.62. The van der Waals surface area contributed by atoms with Crippen LogP contribution in [0.15, 0.2) is 91.0 Å². The van der Waals surface area contributed by atoms with E-state index in [2.05, 4.69) is 69.1 Å². The zero-order chi connectivity index (χ0) is 91.4. The summed E-state index contributed by atoms with van der Waals surface area (Å²) in [5.74, 6) is -21.5. The fourth-order valence-electron chi connectivity index (χ4n) is 12.5. The molecule has 0 aliphatic carbocycles. The van der Waals surface area contributed by atoms with E-state index in [0.717, 1.165) is 4.90 Å². The molecule has 14 atom stereocenters. The Morgan fingerprint density at radius 1 is 0.398 bits per heavy atom. The maximum Gasteiger partial charge on any atom is 0.326 e. The van der Waals surface area contributed by atoms with E-state index in [1.54, 1.807) is 110 Å². The number of likely N-dealkylation sites (tertiary alicyclic amines) is 1. The van der Waals surface area contributed by atoms with Crippen molar-refractivity contribution in [1.29, 1.82) is 5.41 Å². The van der Waals surface area contributed by atoms with Crippen molar-refractivity contribution in [2.24, 2.45) is 34.4 Å². The predicted molar refractivity (Wildman–Crippen MR) is 451 cm³/mol. The Balaban J connectivity index is 1.67. The van der Waals surface area contributed by atoms with Crippen molar-refractivity contribution in [2.45, 2.75) is 187 Å². The third-order valence-electron chi connectivity index (χ3n) is 18.9. The number of amides is 17. The summed E-state index contributed by atoms with van der Waals surface area (Å²) in [7, 11) is 0. The summed E-state index contributed by atoms with van der Waals surface area (Å²) >= 11 is 3.82. The van der Waals surface area contributed by atoms with Gasteiger partial charge in [-0.15, -0.1) is 0 Å². The Labute approximate surface area is 721 Å². The summed E-state index contributed by atoms with van der Waals surface area (Å²) in [5.41, 5.74) is 34.8. The summed E-state index contributed by atoms with van der Waals surface area (Å²) in [6.07, 6.45) is -0.991. The SMILES string of the molecule is CSCC[C@H](NC(=O)[C@H](CC(N)=O)NC(=O)[C@H](CCC(N)=O)NC(=O)[C@H](CC(=O)O)NC(=O)[C@@H](N)CCSC)C(=O)N[C@@H](Cc1ccccc1)C(=O)N[C@@H](CCCNC(=N)N)C(=O)N[C@@H](CC(N)=O)C(=O)N[C@@H](Cc1ccccc1)C(=O)N[C@@H](CO)C(=O)N[C@@H](Cc1ccccc1)C(=O)N[C@@H](CCSC)C(=O)N[C@@H](CC(N)=O)C(=O)N1CCC[C@H]1C(=O)O. The highest BCUT2D eigenvalue weighted by Gasteiger charge is 2.42.